The van der Waals surface area contributed by atoms with Gasteiger partial charge in [-0.15, -0.1) is 0 Å². The summed E-state index contributed by atoms with van der Waals surface area (Å²) in [5, 5.41) is 8.62. The maximum atomic E-state index is 10.5. The Morgan fingerprint density at radius 3 is 2.30 bits per heavy atom. The molecule has 0 spiro atoms. The number of nitrogens with two attached hydrogens (primary N) is 1. The number of carbonyl (C=O) groups is 1. The van der Waals surface area contributed by atoms with Crippen molar-refractivity contribution in [2.45, 2.75) is 19.3 Å². The Bertz CT molecular complexity index is 621. The molecule has 0 fully saturated rings. The maximum absolute atomic E-state index is 10.5. The van der Waals surface area contributed by atoms with Crippen LogP contribution < -0.4 is 10.5 Å². The standard InChI is InChI=1S/C16H17NO3/c1-16(2,11-6-4-3-5-7-11)12-8-9-14(13(17)10-12)20-15(18)19/h3-10H,17H2,1-2H3,(H,18,19). The summed E-state index contributed by atoms with van der Waals surface area (Å²) in [4.78, 5) is 10.5. The summed E-state index contributed by atoms with van der Waals surface area (Å²) in [6, 6.07) is 15.2. The van der Waals surface area contributed by atoms with Gasteiger partial charge in [-0.25, -0.2) is 4.79 Å². The van der Waals surface area contributed by atoms with Crippen LogP contribution in [-0.2, 0) is 5.41 Å². The lowest BCUT2D eigenvalue weighted by atomic mass is 9.78. The molecule has 0 aromatic heterocycles. The smallest absolute Gasteiger partial charge is 0.449 e. The van der Waals surface area contributed by atoms with Crippen molar-refractivity contribution in [1.29, 1.82) is 0 Å². The number of hydrogen-bond acceptors (Lipinski definition) is 3. The van der Waals surface area contributed by atoms with Crippen molar-refractivity contribution in [3.8, 4) is 5.75 Å². The van der Waals surface area contributed by atoms with E-state index in [4.69, 9.17) is 10.8 Å². The third-order valence-corrected chi connectivity index (χ3v) is 3.42. The number of anilines is 1. The summed E-state index contributed by atoms with van der Waals surface area (Å²) in [6.45, 7) is 4.18. The highest BCUT2D eigenvalue weighted by atomic mass is 16.7. The Hall–Kier alpha value is -2.49. The van der Waals surface area contributed by atoms with Crippen molar-refractivity contribution in [1.82, 2.24) is 0 Å². The molecule has 0 bridgehead atoms. The minimum absolute atomic E-state index is 0.158. The third kappa shape index (κ3) is 2.74. The lowest BCUT2D eigenvalue weighted by Gasteiger charge is -2.26. The van der Waals surface area contributed by atoms with E-state index in [1.165, 1.54) is 0 Å². The molecule has 2 aromatic carbocycles. The van der Waals surface area contributed by atoms with Crippen LogP contribution in [0.5, 0.6) is 5.75 Å². The fourth-order valence-corrected chi connectivity index (χ4v) is 2.15. The fourth-order valence-electron chi connectivity index (χ4n) is 2.15. The predicted octanol–water partition coefficient (Wildman–Crippen LogP) is 3.65. The second-order valence-corrected chi connectivity index (χ2v) is 5.11. The van der Waals surface area contributed by atoms with Gasteiger partial charge in [-0.1, -0.05) is 50.2 Å². The van der Waals surface area contributed by atoms with Crippen molar-refractivity contribution in [2.75, 3.05) is 5.73 Å². The van der Waals surface area contributed by atoms with E-state index in [1.54, 1.807) is 12.1 Å². The minimum atomic E-state index is -1.37. The molecule has 2 aromatic rings. The summed E-state index contributed by atoms with van der Waals surface area (Å²) in [7, 11) is 0. The Labute approximate surface area is 117 Å². The molecule has 0 saturated heterocycles. The van der Waals surface area contributed by atoms with Crippen LogP contribution in [0.1, 0.15) is 25.0 Å². The summed E-state index contributed by atoms with van der Waals surface area (Å²) in [5.41, 5.74) is 8.10. The molecule has 0 heterocycles. The molecule has 2 rings (SSSR count). The molecule has 4 heteroatoms. The molecule has 4 nitrogen and oxygen atoms in total. The van der Waals surface area contributed by atoms with E-state index in [0.29, 0.717) is 5.69 Å². The molecule has 20 heavy (non-hydrogen) atoms. The van der Waals surface area contributed by atoms with Crippen LogP contribution in [0.2, 0.25) is 0 Å². The first-order valence-corrected chi connectivity index (χ1v) is 6.27. The van der Waals surface area contributed by atoms with Gasteiger partial charge in [0.05, 0.1) is 5.69 Å². The molecule has 0 saturated carbocycles. The van der Waals surface area contributed by atoms with Crippen LogP contribution in [-0.4, -0.2) is 11.3 Å². The van der Waals surface area contributed by atoms with Crippen molar-refractivity contribution < 1.29 is 14.6 Å². The summed E-state index contributed by atoms with van der Waals surface area (Å²) >= 11 is 0. The summed E-state index contributed by atoms with van der Waals surface area (Å²) in [6.07, 6.45) is -1.37. The fraction of sp³-hybridized carbons (Fsp3) is 0.188. The summed E-state index contributed by atoms with van der Waals surface area (Å²) in [5.74, 6) is 0.158. The third-order valence-electron chi connectivity index (χ3n) is 3.42. The molecule has 0 aliphatic carbocycles. The zero-order valence-electron chi connectivity index (χ0n) is 11.5. The van der Waals surface area contributed by atoms with Gasteiger partial charge in [0.15, 0.2) is 5.75 Å². The topological polar surface area (TPSA) is 72.5 Å². The van der Waals surface area contributed by atoms with Gasteiger partial charge in [0, 0.05) is 5.41 Å². The Morgan fingerprint density at radius 1 is 1.10 bits per heavy atom. The largest absolute Gasteiger partial charge is 0.511 e. The number of nitrogen functional groups attached to an aromatic ring is 1. The molecule has 104 valence electrons. The van der Waals surface area contributed by atoms with Crippen LogP contribution in [0.25, 0.3) is 0 Å². The number of ether oxygens (including phenoxy) is 1. The molecule has 0 unspecified atom stereocenters. The second kappa shape index (κ2) is 5.25. The van der Waals surface area contributed by atoms with Crippen LogP contribution in [0.4, 0.5) is 10.5 Å². The quantitative estimate of drug-likeness (QED) is 0.507. The van der Waals surface area contributed by atoms with Crippen molar-refractivity contribution in [3.63, 3.8) is 0 Å². The van der Waals surface area contributed by atoms with Gasteiger partial charge < -0.3 is 15.6 Å². The van der Waals surface area contributed by atoms with E-state index in [2.05, 4.69) is 30.7 Å². The van der Waals surface area contributed by atoms with Gasteiger partial charge in [-0.3, -0.25) is 0 Å². The lowest BCUT2D eigenvalue weighted by Crippen LogP contribution is -2.19. The summed E-state index contributed by atoms with van der Waals surface area (Å²) < 4.78 is 4.61. The predicted molar refractivity (Wildman–Crippen MR) is 78.1 cm³/mol. The van der Waals surface area contributed by atoms with E-state index in [-0.39, 0.29) is 11.2 Å². The average Bonchev–Trinajstić information content (AvgIpc) is 2.41. The first-order valence-electron chi connectivity index (χ1n) is 6.27. The number of carboxylic acid groups (broad SMARTS) is 1. The van der Waals surface area contributed by atoms with Gasteiger partial charge in [-0.05, 0) is 23.3 Å². The van der Waals surface area contributed by atoms with Gasteiger partial charge >= 0.3 is 6.16 Å². The molecular weight excluding hydrogens is 254 g/mol. The average molecular weight is 271 g/mol. The first kappa shape index (κ1) is 13.9. The molecule has 0 atom stereocenters. The maximum Gasteiger partial charge on any atom is 0.511 e. The van der Waals surface area contributed by atoms with Crippen LogP contribution in [0, 0.1) is 0 Å². The molecule has 0 aliphatic rings. The van der Waals surface area contributed by atoms with E-state index in [9.17, 15) is 4.79 Å². The van der Waals surface area contributed by atoms with Crippen molar-refractivity contribution in [2.24, 2.45) is 0 Å². The van der Waals surface area contributed by atoms with Gasteiger partial charge in [0.1, 0.15) is 0 Å². The van der Waals surface area contributed by atoms with E-state index >= 15 is 0 Å². The van der Waals surface area contributed by atoms with Gasteiger partial charge in [0.25, 0.3) is 0 Å². The highest BCUT2D eigenvalue weighted by Gasteiger charge is 2.23. The monoisotopic (exact) mass is 271 g/mol. The SMILES string of the molecule is CC(C)(c1ccccc1)c1ccc(OC(=O)O)c(N)c1. The van der Waals surface area contributed by atoms with Crippen molar-refractivity contribution >= 4 is 11.8 Å². The highest BCUT2D eigenvalue weighted by Crippen LogP contribution is 2.34. The van der Waals surface area contributed by atoms with E-state index in [1.807, 2.05) is 24.3 Å². The first-order chi connectivity index (χ1) is 9.41. The molecule has 0 radical (unpaired) electrons. The van der Waals surface area contributed by atoms with Gasteiger partial charge in [0.2, 0.25) is 0 Å². The van der Waals surface area contributed by atoms with Gasteiger partial charge in [-0.2, -0.15) is 0 Å². The Morgan fingerprint density at radius 2 is 1.75 bits per heavy atom. The molecular formula is C16H17NO3. The zero-order valence-corrected chi connectivity index (χ0v) is 11.5. The van der Waals surface area contributed by atoms with E-state index < -0.39 is 6.16 Å². The van der Waals surface area contributed by atoms with Crippen LogP contribution in [0.3, 0.4) is 0 Å². The lowest BCUT2D eigenvalue weighted by molar-refractivity contribution is 0.144. The number of rotatable bonds is 3. The van der Waals surface area contributed by atoms with Crippen molar-refractivity contribution in [3.05, 3.63) is 59.7 Å². The Balaban J connectivity index is 2.38. The highest BCUT2D eigenvalue weighted by molar-refractivity contribution is 5.66. The molecule has 3 N–H and O–H groups in total. The van der Waals surface area contributed by atoms with E-state index in [0.717, 1.165) is 11.1 Å². The Kier molecular flexibility index (Phi) is 3.66. The number of hydrogen-bond donors (Lipinski definition) is 2. The molecule has 0 aliphatic heterocycles. The molecule has 0 amide bonds. The zero-order chi connectivity index (χ0) is 14.8. The normalized spacial score (nSPS) is 11.1. The number of benzene rings is 2. The van der Waals surface area contributed by atoms with Crippen LogP contribution in [0.15, 0.2) is 48.5 Å². The van der Waals surface area contributed by atoms with Crippen LogP contribution >= 0.6 is 0 Å². The minimum Gasteiger partial charge on any atom is -0.449 e. The second-order valence-electron chi connectivity index (χ2n) is 5.11.